The first-order valence-electron chi connectivity index (χ1n) is 6.67. The van der Waals surface area contributed by atoms with E-state index in [0.29, 0.717) is 11.4 Å². The Morgan fingerprint density at radius 3 is 2.76 bits per heavy atom. The Kier molecular flexibility index (Phi) is 4.31. The number of rotatable bonds is 3. The summed E-state index contributed by atoms with van der Waals surface area (Å²) in [7, 11) is 0. The second kappa shape index (κ2) is 6.20. The van der Waals surface area contributed by atoms with Crippen LogP contribution in [0, 0.1) is 5.82 Å². The molecule has 0 amide bonds. The molecular formula is C15H13BrClFN2O. The second-order valence-corrected chi connectivity index (χ2v) is 6.11. The van der Waals surface area contributed by atoms with Crippen molar-refractivity contribution in [2.75, 3.05) is 18.0 Å². The van der Waals surface area contributed by atoms with Crippen LogP contribution < -0.4 is 4.90 Å². The first kappa shape index (κ1) is 14.6. The van der Waals surface area contributed by atoms with Gasteiger partial charge in [-0.15, -0.1) is 0 Å². The fraction of sp³-hybridized carbons (Fsp3) is 0.267. The maximum Gasteiger partial charge on any atom is 0.210 e. The highest BCUT2D eigenvalue weighted by molar-refractivity contribution is 9.10. The predicted octanol–water partition coefficient (Wildman–Crippen LogP) is 5.19. The van der Waals surface area contributed by atoms with Crippen LogP contribution in [0.25, 0.3) is 0 Å². The van der Waals surface area contributed by atoms with Crippen molar-refractivity contribution < 1.29 is 8.81 Å². The lowest BCUT2D eigenvalue weighted by Gasteiger charge is -2.13. The van der Waals surface area contributed by atoms with Gasteiger partial charge in [0.15, 0.2) is 0 Å². The van der Waals surface area contributed by atoms with Crippen molar-refractivity contribution in [3.05, 3.63) is 45.3 Å². The van der Waals surface area contributed by atoms with Gasteiger partial charge in [0, 0.05) is 19.2 Å². The molecule has 1 aliphatic heterocycles. The minimum atomic E-state index is -0.451. The van der Waals surface area contributed by atoms with Crippen LogP contribution in [-0.2, 0) is 0 Å². The van der Waals surface area contributed by atoms with Gasteiger partial charge < -0.3 is 9.32 Å². The molecule has 0 bridgehead atoms. The summed E-state index contributed by atoms with van der Waals surface area (Å²) in [6.45, 7) is 2.02. The normalized spacial score (nSPS) is 15.3. The van der Waals surface area contributed by atoms with Gasteiger partial charge in [0.25, 0.3) is 0 Å². The summed E-state index contributed by atoms with van der Waals surface area (Å²) in [6, 6.07) is 6.22. The Morgan fingerprint density at radius 2 is 2.05 bits per heavy atom. The molecule has 0 unspecified atom stereocenters. The van der Waals surface area contributed by atoms with Crippen LogP contribution in [0.4, 0.5) is 16.0 Å². The van der Waals surface area contributed by atoms with E-state index in [2.05, 4.69) is 25.8 Å². The molecule has 0 radical (unpaired) electrons. The van der Waals surface area contributed by atoms with Crippen molar-refractivity contribution in [1.29, 1.82) is 0 Å². The third-order valence-electron chi connectivity index (χ3n) is 3.33. The number of hydrogen-bond acceptors (Lipinski definition) is 3. The molecule has 6 heteroatoms. The summed E-state index contributed by atoms with van der Waals surface area (Å²) in [5.74, 6) is 1.03. The van der Waals surface area contributed by atoms with Crippen molar-refractivity contribution >= 4 is 45.3 Å². The number of hydrogen-bond donors (Lipinski definition) is 0. The Labute approximate surface area is 135 Å². The average Bonchev–Trinajstić information content (AvgIpc) is 3.09. The molecular weight excluding hydrogens is 359 g/mol. The molecule has 3 rings (SSSR count). The summed E-state index contributed by atoms with van der Waals surface area (Å²) < 4.78 is 19.8. The maximum atomic E-state index is 13.1. The van der Waals surface area contributed by atoms with E-state index in [1.54, 1.807) is 12.3 Å². The molecule has 1 fully saturated rings. The van der Waals surface area contributed by atoms with E-state index < -0.39 is 5.82 Å². The Morgan fingerprint density at radius 1 is 1.29 bits per heavy atom. The van der Waals surface area contributed by atoms with Crippen LogP contribution in [-0.4, -0.2) is 19.3 Å². The molecule has 0 spiro atoms. The van der Waals surface area contributed by atoms with Crippen molar-refractivity contribution in [3.63, 3.8) is 0 Å². The third kappa shape index (κ3) is 3.30. The number of benzene rings is 1. The molecule has 1 aliphatic rings. The minimum absolute atomic E-state index is 0.0584. The maximum absolute atomic E-state index is 13.1. The van der Waals surface area contributed by atoms with Gasteiger partial charge in [0.05, 0.1) is 21.4 Å². The molecule has 3 nitrogen and oxygen atoms in total. The standard InChI is InChI=1S/C15H13BrClFN2O/c16-12-8-11(21-15(12)20-5-1-2-6-20)9-19-10-3-4-14(18)13(17)7-10/h3-4,7-9H,1-2,5-6H2. The van der Waals surface area contributed by atoms with Gasteiger partial charge in [0.1, 0.15) is 11.6 Å². The quantitative estimate of drug-likeness (QED) is 0.695. The fourth-order valence-corrected chi connectivity index (χ4v) is 3.01. The van der Waals surface area contributed by atoms with E-state index in [0.717, 1.165) is 23.4 Å². The monoisotopic (exact) mass is 370 g/mol. The van der Waals surface area contributed by atoms with E-state index in [-0.39, 0.29) is 5.02 Å². The molecule has 21 heavy (non-hydrogen) atoms. The van der Waals surface area contributed by atoms with Crippen LogP contribution in [0.2, 0.25) is 5.02 Å². The molecule has 1 aromatic heterocycles. The highest BCUT2D eigenvalue weighted by Crippen LogP contribution is 2.32. The van der Waals surface area contributed by atoms with Gasteiger partial charge in [-0.1, -0.05) is 11.6 Å². The summed E-state index contributed by atoms with van der Waals surface area (Å²) >= 11 is 9.23. The van der Waals surface area contributed by atoms with Crippen molar-refractivity contribution in [2.24, 2.45) is 4.99 Å². The molecule has 2 aromatic rings. The summed E-state index contributed by atoms with van der Waals surface area (Å²) in [4.78, 5) is 6.45. The molecule has 0 atom stereocenters. The van der Waals surface area contributed by atoms with Gasteiger partial charge in [0.2, 0.25) is 5.88 Å². The van der Waals surface area contributed by atoms with E-state index in [4.69, 9.17) is 16.0 Å². The summed E-state index contributed by atoms with van der Waals surface area (Å²) in [6.07, 6.45) is 3.98. The van der Waals surface area contributed by atoms with E-state index in [9.17, 15) is 4.39 Å². The van der Waals surface area contributed by atoms with Gasteiger partial charge >= 0.3 is 0 Å². The molecule has 0 aliphatic carbocycles. The number of aliphatic imine (C=N–C) groups is 1. The first-order chi connectivity index (χ1) is 10.1. The lowest BCUT2D eigenvalue weighted by molar-refractivity contribution is 0.549. The summed E-state index contributed by atoms with van der Waals surface area (Å²) in [5, 5.41) is 0.0584. The van der Waals surface area contributed by atoms with Crippen molar-refractivity contribution in [1.82, 2.24) is 0 Å². The van der Waals surface area contributed by atoms with Gasteiger partial charge in [-0.3, -0.25) is 4.99 Å². The van der Waals surface area contributed by atoms with Crippen molar-refractivity contribution in [2.45, 2.75) is 12.8 Å². The SMILES string of the molecule is Fc1ccc(N=Cc2cc(Br)c(N3CCCC3)o2)cc1Cl. The zero-order valence-corrected chi connectivity index (χ0v) is 13.5. The fourth-order valence-electron chi connectivity index (χ4n) is 2.28. The topological polar surface area (TPSA) is 28.7 Å². The van der Waals surface area contributed by atoms with E-state index in [1.165, 1.54) is 25.0 Å². The van der Waals surface area contributed by atoms with E-state index in [1.807, 2.05) is 6.07 Å². The smallest absolute Gasteiger partial charge is 0.210 e. The largest absolute Gasteiger partial charge is 0.438 e. The lowest BCUT2D eigenvalue weighted by Crippen LogP contribution is -2.17. The molecule has 110 valence electrons. The number of furan rings is 1. The predicted molar refractivity (Wildman–Crippen MR) is 86.5 cm³/mol. The highest BCUT2D eigenvalue weighted by Gasteiger charge is 2.19. The van der Waals surface area contributed by atoms with Crippen LogP contribution in [0.15, 0.2) is 38.1 Å². The molecule has 1 saturated heterocycles. The molecule has 1 aromatic carbocycles. The van der Waals surface area contributed by atoms with Crippen LogP contribution in [0.1, 0.15) is 18.6 Å². The van der Waals surface area contributed by atoms with Gasteiger partial charge in [-0.2, -0.15) is 0 Å². The summed E-state index contributed by atoms with van der Waals surface area (Å²) in [5.41, 5.74) is 0.580. The number of nitrogens with zero attached hydrogens (tertiary/aromatic N) is 2. The Bertz CT molecular complexity index is 680. The average molecular weight is 372 g/mol. The van der Waals surface area contributed by atoms with Crippen LogP contribution in [0.5, 0.6) is 0 Å². The van der Waals surface area contributed by atoms with E-state index >= 15 is 0 Å². The first-order valence-corrected chi connectivity index (χ1v) is 7.84. The highest BCUT2D eigenvalue weighted by atomic mass is 79.9. The van der Waals surface area contributed by atoms with Gasteiger partial charge in [-0.05, 0) is 47.0 Å². The van der Waals surface area contributed by atoms with Gasteiger partial charge in [-0.25, -0.2) is 4.39 Å². The van der Waals surface area contributed by atoms with Crippen LogP contribution >= 0.6 is 27.5 Å². The number of anilines is 1. The molecule has 0 N–H and O–H groups in total. The van der Waals surface area contributed by atoms with Crippen LogP contribution in [0.3, 0.4) is 0 Å². The minimum Gasteiger partial charge on any atom is -0.438 e. The lowest BCUT2D eigenvalue weighted by atomic mass is 10.3. The second-order valence-electron chi connectivity index (χ2n) is 4.85. The zero-order chi connectivity index (χ0) is 14.8. The number of halogens is 3. The molecule has 2 heterocycles. The Hall–Kier alpha value is -1.33. The zero-order valence-electron chi connectivity index (χ0n) is 11.2. The third-order valence-corrected chi connectivity index (χ3v) is 4.18. The van der Waals surface area contributed by atoms with Crippen molar-refractivity contribution in [3.8, 4) is 0 Å². The molecule has 0 saturated carbocycles. The Balaban J connectivity index is 1.79.